The van der Waals surface area contributed by atoms with E-state index in [0.717, 1.165) is 26.3 Å². The van der Waals surface area contributed by atoms with E-state index in [1.165, 1.54) is 0 Å². The quantitative estimate of drug-likeness (QED) is 0.619. The van der Waals surface area contributed by atoms with Crippen molar-refractivity contribution in [3.05, 3.63) is 0 Å². The molecule has 0 spiro atoms. The molecule has 54 valence electrons. The normalized spacial score (nSPS) is 23.0. The topological polar surface area (TPSA) is 12.5 Å². The minimum absolute atomic E-state index is 0.782. The molecule has 0 aromatic rings. The fourth-order valence-electron chi connectivity index (χ4n) is 0.705. The van der Waals surface area contributed by atoms with Crippen molar-refractivity contribution in [2.45, 2.75) is 0 Å². The summed E-state index contributed by atoms with van der Waals surface area (Å²) in [4.78, 5) is 0. The second-order valence-corrected chi connectivity index (χ2v) is 8.10. The van der Waals surface area contributed by atoms with Gasteiger partial charge in [0.2, 0.25) is 0 Å². The Morgan fingerprint density at radius 1 is 1.22 bits per heavy atom. The molecule has 0 unspecified atom stereocenters. The van der Waals surface area contributed by atoms with Crippen LogP contribution in [0.4, 0.5) is 0 Å². The minimum atomic E-state index is -1.61. The van der Waals surface area contributed by atoms with Gasteiger partial charge in [-0.25, -0.2) is 0 Å². The van der Waals surface area contributed by atoms with E-state index in [2.05, 4.69) is 3.82 Å². The first-order valence-electron chi connectivity index (χ1n) is 2.75. The zero-order valence-corrected chi connectivity index (χ0v) is 8.28. The molecule has 1 rings (SSSR count). The van der Waals surface area contributed by atoms with Crippen LogP contribution in [0.25, 0.3) is 0 Å². The Morgan fingerprint density at radius 2 is 1.78 bits per heavy atom. The number of hydrogen-bond acceptors (Lipinski definition) is 2. The van der Waals surface area contributed by atoms with Gasteiger partial charge in [-0.15, -0.1) is 0 Å². The first kappa shape index (κ1) is 8.16. The molecule has 1 fully saturated rings. The van der Waals surface area contributed by atoms with Gasteiger partial charge in [-0.1, -0.05) is 0 Å². The molecule has 1 aliphatic heterocycles. The van der Waals surface area contributed by atoms with Crippen LogP contribution in [-0.2, 0) is 4.74 Å². The molecule has 0 saturated carbocycles. The fourth-order valence-corrected chi connectivity index (χ4v) is 3.25. The van der Waals surface area contributed by atoms with E-state index in [0.29, 0.717) is 0 Å². The van der Waals surface area contributed by atoms with Gasteiger partial charge in [-0.2, -0.15) is 0 Å². The summed E-state index contributed by atoms with van der Waals surface area (Å²) in [7, 11) is 11.5. The second-order valence-electron chi connectivity index (χ2n) is 1.78. The summed E-state index contributed by atoms with van der Waals surface area (Å²) in [5.41, 5.74) is 0. The van der Waals surface area contributed by atoms with Crippen molar-refractivity contribution in [1.82, 2.24) is 3.82 Å². The summed E-state index contributed by atoms with van der Waals surface area (Å²) in [5, 5.41) is 0. The van der Waals surface area contributed by atoms with E-state index < -0.39 is 13.0 Å². The van der Waals surface area contributed by atoms with Crippen LogP contribution in [0, 0.1) is 0 Å². The van der Waals surface area contributed by atoms with Crippen LogP contribution in [0.1, 0.15) is 0 Å². The van der Waals surface area contributed by atoms with Crippen molar-refractivity contribution in [2.75, 3.05) is 26.3 Å². The van der Waals surface area contributed by atoms with E-state index in [4.69, 9.17) is 24.6 Å². The van der Waals surface area contributed by atoms with Gasteiger partial charge in [0.1, 0.15) is 0 Å². The van der Waals surface area contributed by atoms with Crippen molar-refractivity contribution in [1.29, 1.82) is 0 Å². The van der Waals surface area contributed by atoms with Gasteiger partial charge in [0, 0.05) is 0 Å². The van der Waals surface area contributed by atoms with Crippen molar-refractivity contribution >= 4 is 32.9 Å². The molecule has 0 aromatic carbocycles. The van der Waals surface area contributed by atoms with Gasteiger partial charge >= 0.3 is 67.8 Å². The molecule has 1 aliphatic rings. The number of morpholine rings is 1. The van der Waals surface area contributed by atoms with Crippen LogP contribution >= 0.6 is 19.9 Å². The molecule has 0 N–H and O–H groups in total. The first-order valence-corrected chi connectivity index (χ1v) is 8.52. The third-order valence-corrected chi connectivity index (χ3v) is 5.16. The first-order chi connectivity index (χ1) is 4.30. The Labute approximate surface area is 67.9 Å². The predicted octanol–water partition coefficient (Wildman–Crippen LogP) is 0.781. The second kappa shape index (κ2) is 4.05. The van der Waals surface area contributed by atoms with E-state index >= 15 is 0 Å². The number of nitrogens with zero attached hydrogens (tertiary/aromatic N) is 1. The molecule has 0 radical (unpaired) electrons. The van der Waals surface area contributed by atoms with E-state index in [9.17, 15) is 0 Å². The Morgan fingerprint density at radius 3 is 2.11 bits per heavy atom. The number of hydrogen-bond donors (Lipinski definition) is 0. The Bertz CT molecular complexity index is 86.6. The summed E-state index contributed by atoms with van der Waals surface area (Å²) in [6.07, 6.45) is 0. The van der Waals surface area contributed by atoms with Crippen molar-refractivity contribution < 1.29 is 4.74 Å². The van der Waals surface area contributed by atoms with Crippen LogP contribution in [0.3, 0.4) is 0 Å². The van der Waals surface area contributed by atoms with Gasteiger partial charge < -0.3 is 0 Å². The molecule has 0 aromatic heterocycles. The van der Waals surface area contributed by atoms with Crippen LogP contribution in [0.2, 0.25) is 0 Å². The summed E-state index contributed by atoms with van der Waals surface area (Å²) in [6, 6.07) is 0. The number of ether oxygens (including phenoxy) is 1. The molecule has 0 atom stereocenters. The predicted molar refractivity (Wildman–Crippen MR) is 39.9 cm³/mol. The van der Waals surface area contributed by atoms with Gasteiger partial charge in [0.05, 0.1) is 0 Å². The molecule has 9 heavy (non-hydrogen) atoms. The molecule has 0 amide bonds. The SMILES string of the molecule is Cl[As](Cl)N1CCOCC1. The third kappa shape index (κ3) is 2.65. The van der Waals surface area contributed by atoms with E-state index in [-0.39, 0.29) is 0 Å². The van der Waals surface area contributed by atoms with Crippen LogP contribution in [0.5, 0.6) is 0 Å². The molecule has 2 nitrogen and oxygen atoms in total. The summed E-state index contributed by atoms with van der Waals surface area (Å²) >= 11 is -1.61. The zero-order valence-electron chi connectivity index (χ0n) is 4.89. The van der Waals surface area contributed by atoms with Crippen LogP contribution in [0.15, 0.2) is 0 Å². The Kier molecular flexibility index (Phi) is 3.67. The van der Waals surface area contributed by atoms with Gasteiger partial charge in [-0.3, -0.25) is 0 Å². The molecule has 0 bridgehead atoms. The molecule has 0 aliphatic carbocycles. The van der Waals surface area contributed by atoms with E-state index in [1.54, 1.807) is 0 Å². The van der Waals surface area contributed by atoms with Crippen LogP contribution in [-0.4, -0.2) is 43.1 Å². The average molecular weight is 232 g/mol. The Balaban J connectivity index is 2.23. The van der Waals surface area contributed by atoms with E-state index in [1.807, 2.05) is 0 Å². The third-order valence-electron chi connectivity index (χ3n) is 1.20. The van der Waals surface area contributed by atoms with Crippen molar-refractivity contribution in [3.8, 4) is 0 Å². The standard InChI is InChI=1S/C4H8AsCl2NO/c6-5(7)8-1-3-9-4-2-8/h1-4H2. The van der Waals surface area contributed by atoms with Crippen molar-refractivity contribution in [2.24, 2.45) is 0 Å². The maximum absolute atomic E-state index is 5.74. The monoisotopic (exact) mass is 231 g/mol. The molecular weight excluding hydrogens is 224 g/mol. The van der Waals surface area contributed by atoms with Gasteiger partial charge in [-0.05, 0) is 0 Å². The maximum atomic E-state index is 5.74. The summed E-state index contributed by atoms with van der Waals surface area (Å²) in [5.74, 6) is 0. The Hall–Kier alpha value is 1.06. The number of halogens is 2. The van der Waals surface area contributed by atoms with Gasteiger partial charge in [0.15, 0.2) is 0 Å². The summed E-state index contributed by atoms with van der Waals surface area (Å²) in [6.45, 7) is 3.38. The van der Waals surface area contributed by atoms with Gasteiger partial charge in [0.25, 0.3) is 0 Å². The number of rotatable bonds is 1. The fraction of sp³-hybridized carbons (Fsp3) is 1.00. The molecule has 1 saturated heterocycles. The summed E-state index contributed by atoms with van der Waals surface area (Å²) < 4.78 is 7.22. The average Bonchev–Trinajstić information content (AvgIpc) is 1.90. The molecule has 5 heteroatoms. The van der Waals surface area contributed by atoms with Crippen molar-refractivity contribution in [3.63, 3.8) is 0 Å². The molecule has 1 heterocycles. The van der Waals surface area contributed by atoms with Crippen LogP contribution < -0.4 is 0 Å². The zero-order chi connectivity index (χ0) is 6.69. The molecular formula is C4H8AsCl2NO.